The van der Waals surface area contributed by atoms with Crippen molar-refractivity contribution < 1.29 is 9.90 Å². The van der Waals surface area contributed by atoms with Crippen LogP contribution in [0.2, 0.25) is 0 Å². The van der Waals surface area contributed by atoms with Gasteiger partial charge in [-0.15, -0.1) is 0 Å². The lowest BCUT2D eigenvalue weighted by atomic mass is 10.0. The zero-order valence-corrected chi connectivity index (χ0v) is 14.2. The van der Waals surface area contributed by atoms with Crippen molar-refractivity contribution in [1.82, 2.24) is 19.5 Å². The summed E-state index contributed by atoms with van der Waals surface area (Å²) in [5, 5.41) is 16.2. The molecule has 0 saturated heterocycles. The van der Waals surface area contributed by atoms with Gasteiger partial charge in [-0.1, -0.05) is 24.3 Å². The lowest BCUT2D eigenvalue weighted by Crippen LogP contribution is -2.10. The number of carboxylic acid groups (broad SMARTS) is 1. The number of hydrogen-bond donors (Lipinski definition) is 3. The molecule has 3 rings (SSSR count). The van der Waals surface area contributed by atoms with E-state index in [1.54, 1.807) is 35.4 Å². The Bertz CT molecular complexity index is 962. The molecular weight excluding hydrogens is 332 g/mol. The van der Waals surface area contributed by atoms with Gasteiger partial charge in [0.15, 0.2) is 0 Å². The predicted molar refractivity (Wildman–Crippen MR) is 96.3 cm³/mol. The third-order valence-corrected chi connectivity index (χ3v) is 3.94. The van der Waals surface area contributed by atoms with Crippen LogP contribution in [0.4, 0.5) is 0 Å². The second-order valence-corrected chi connectivity index (χ2v) is 5.83. The summed E-state index contributed by atoms with van der Waals surface area (Å²) in [4.78, 5) is 23.7. The number of amidine groups is 1. The molecule has 0 fully saturated rings. The summed E-state index contributed by atoms with van der Waals surface area (Å²) < 4.78 is 1.67. The van der Waals surface area contributed by atoms with Crippen LogP contribution in [-0.4, -0.2) is 36.4 Å². The number of nitrogens with two attached hydrogens (primary N) is 1. The van der Waals surface area contributed by atoms with E-state index in [-0.39, 0.29) is 12.3 Å². The highest BCUT2D eigenvalue weighted by Crippen LogP contribution is 2.22. The normalized spacial score (nSPS) is 10.7. The Balaban J connectivity index is 1.83. The highest BCUT2D eigenvalue weighted by Gasteiger charge is 2.09. The SMILES string of the molecule is Cc1nc(-n2cnc(CCC(=O)O)c2)ncc1-c1ccc(C(=N)N)cc1. The highest BCUT2D eigenvalue weighted by molar-refractivity contribution is 5.95. The zero-order chi connectivity index (χ0) is 18.7. The lowest BCUT2D eigenvalue weighted by molar-refractivity contribution is -0.136. The summed E-state index contributed by atoms with van der Waals surface area (Å²) in [6.07, 6.45) is 5.44. The van der Waals surface area contributed by atoms with Crippen LogP contribution in [0, 0.1) is 12.3 Å². The van der Waals surface area contributed by atoms with Crippen molar-refractivity contribution in [3.05, 3.63) is 59.9 Å². The van der Waals surface area contributed by atoms with Crippen molar-refractivity contribution in [1.29, 1.82) is 5.41 Å². The Hall–Kier alpha value is -3.55. The molecule has 0 bridgehead atoms. The van der Waals surface area contributed by atoms with Gasteiger partial charge in [0.25, 0.3) is 0 Å². The largest absolute Gasteiger partial charge is 0.481 e. The molecule has 3 aromatic rings. The van der Waals surface area contributed by atoms with Crippen LogP contribution in [-0.2, 0) is 11.2 Å². The average molecular weight is 350 g/mol. The van der Waals surface area contributed by atoms with Crippen molar-refractivity contribution in [3.63, 3.8) is 0 Å². The maximum absolute atomic E-state index is 10.6. The Morgan fingerprint density at radius 2 is 2.00 bits per heavy atom. The lowest BCUT2D eigenvalue weighted by Gasteiger charge is -2.08. The number of aliphatic carboxylic acids is 1. The molecule has 0 saturated carbocycles. The minimum Gasteiger partial charge on any atom is -0.481 e. The Labute approximate surface area is 149 Å². The van der Waals surface area contributed by atoms with Gasteiger partial charge in [0.05, 0.1) is 17.8 Å². The number of imidazole rings is 1. The Morgan fingerprint density at radius 1 is 1.27 bits per heavy atom. The molecule has 0 radical (unpaired) electrons. The topological polar surface area (TPSA) is 131 Å². The molecule has 26 heavy (non-hydrogen) atoms. The summed E-state index contributed by atoms with van der Waals surface area (Å²) in [6.45, 7) is 1.89. The van der Waals surface area contributed by atoms with Gasteiger partial charge in [0, 0.05) is 29.9 Å². The van der Waals surface area contributed by atoms with Gasteiger partial charge in [-0.25, -0.2) is 15.0 Å². The molecule has 0 aliphatic carbocycles. The molecule has 8 nitrogen and oxygen atoms in total. The van der Waals surface area contributed by atoms with Gasteiger partial charge in [-0.3, -0.25) is 14.8 Å². The number of carboxylic acids is 1. The van der Waals surface area contributed by atoms with Gasteiger partial charge in [0.1, 0.15) is 12.2 Å². The second-order valence-electron chi connectivity index (χ2n) is 5.83. The fourth-order valence-electron chi connectivity index (χ4n) is 2.53. The van der Waals surface area contributed by atoms with Gasteiger partial charge in [-0.05, 0) is 12.5 Å². The number of nitrogens with one attached hydrogen (secondary N) is 1. The molecule has 0 atom stereocenters. The maximum Gasteiger partial charge on any atom is 0.303 e. The van der Waals surface area contributed by atoms with E-state index in [1.807, 2.05) is 19.1 Å². The quantitative estimate of drug-likeness (QED) is 0.460. The molecule has 0 spiro atoms. The average Bonchev–Trinajstić information content (AvgIpc) is 3.09. The summed E-state index contributed by atoms with van der Waals surface area (Å²) in [5.74, 6) is -0.355. The Kier molecular flexibility index (Phi) is 4.74. The molecule has 0 unspecified atom stereocenters. The van der Waals surface area contributed by atoms with Crippen molar-refractivity contribution in [2.45, 2.75) is 19.8 Å². The molecule has 4 N–H and O–H groups in total. The van der Waals surface area contributed by atoms with Gasteiger partial charge < -0.3 is 10.8 Å². The zero-order valence-electron chi connectivity index (χ0n) is 14.2. The third kappa shape index (κ3) is 3.75. The van der Waals surface area contributed by atoms with E-state index < -0.39 is 5.97 Å². The van der Waals surface area contributed by atoms with Crippen molar-refractivity contribution in [2.75, 3.05) is 0 Å². The number of nitrogen functional groups attached to an aromatic ring is 1. The Morgan fingerprint density at radius 3 is 2.62 bits per heavy atom. The van der Waals surface area contributed by atoms with Crippen LogP contribution in [0.5, 0.6) is 0 Å². The number of aryl methyl sites for hydroxylation is 2. The molecule has 0 aliphatic heterocycles. The first kappa shape index (κ1) is 17.3. The third-order valence-electron chi connectivity index (χ3n) is 3.94. The van der Waals surface area contributed by atoms with Crippen molar-refractivity contribution >= 4 is 11.8 Å². The van der Waals surface area contributed by atoms with E-state index in [1.165, 1.54) is 0 Å². The summed E-state index contributed by atoms with van der Waals surface area (Å²) in [5.41, 5.74) is 9.43. The first-order chi connectivity index (χ1) is 12.4. The first-order valence-electron chi connectivity index (χ1n) is 7.97. The van der Waals surface area contributed by atoms with Gasteiger partial charge in [0.2, 0.25) is 5.95 Å². The van der Waals surface area contributed by atoms with E-state index >= 15 is 0 Å². The van der Waals surface area contributed by atoms with E-state index in [0.29, 0.717) is 23.6 Å². The van der Waals surface area contributed by atoms with E-state index in [9.17, 15) is 4.79 Å². The van der Waals surface area contributed by atoms with Crippen LogP contribution in [0.25, 0.3) is 17.1 Å². The minimum absolute atomic E-state index is 0.0266. The number of carbonyl (C=O) groups is 1. The summed E-state index contributed by atoms with van der Waals surface area (Å²) in [6, 6.07) is 7.33. The van der Waals surface area contributed by atoms with Crippen molar-refractivity contribution in [3.8, 4) is 17.1 Å². The summed E-state index contributed by atoms with van der Waals surface area (Å²) >= 11 is 0. The molecule has 0 aliphatic rings. The van der Waals surface area contributed by atoms with Crippen LogP contribution in [0.1, 0.15) is 23.4 Å². The molecule has 0 amide bonds. The fourth-order valence-corrected chi connectivity index (χ4v) is 2.53. The second kappa shape index (κ2) is 7.14. The van der Waals surface area contributed by atoms with Gasteiger partial charge in [-0.2, -0.15) is 0 Å². The standard InChI is InChI=1S/C18H18N6O2/c1-11-15(12-2-4-13(5-3-12)17(19)20)8-21-18(23-11)24-9-14(22-10-24)6-7-16(25)26/h2-5,8-10H,6-7H2,1H3,(H3,19,20)(H,25,26). The molecule has 132 valence electrons. The van der Waals surface area contributed by atoms with Crippen molar-refractivity contribution in [2.24, 2.45) is 5.73 Å². The van der Waals surface area contributed by atoms with E-state index in [2.05, 4.69) is 15.0 Å². The monoisotopic (exact) mass is 350 g/mol. The van der Waals surface area contributed by atoms with Crippen LogP contribution >= 0.6 is 0 Å². The number of benzene rings is 1. The fraction of sp³-hybridized carbons (Fsp3) is 0.167. The number of hydrogen-bond acceptors (Lipinski definition) is 5. The molecule has 8 heteroatoms. The highest BCUT2D eigenvalue weighted by atomic mass is 16.4. The smallest absolute Gasteiger partial charge is 0.303 e. The van der Waals surface area contributed by atoms with Crippen LogP contribution in [0.15, 0.2) is 43.0 Å². The molecule has 1 aromatic carbocycles. The van der Waals surface area contributed by atoms with Gasteiger partial charge >= 0.3 is 5.97 Å². The number of rotatable bonds is 6. The first-order valence-corrected chi connectivity index (χ1v) is 7.97. The molecule has 2 aromatic heterocycles. The summed E-state index contributed by atoms with van der Waals surface area (Å²) in [7, 11) is 0. The molecular formula is C18H18N6O2. The minimum atomic E-state index is -0.855. The number of aromatic nitrogens is 4. The van der Waals surface area contributed by atoms with E-state index in [4.69, 9.17) is 16.2 Å². The van der Waals surface area contributed by atoms with Crippen LogP contribution < -0.4 is 5.73 Å². The van der Waals surface area contributed by atoms with Crippen LogP contribution in [0.3, 0.4) is 0 Å². The van der Waals surface area contributed by atoms with E-state index in [0.717, 1.165) is 16.8 Å². The molecule has 2 heterocycles. The predicted octanol–water partition coefficient (Wildman–Crippen LogP) is 1.94. The number of nitrogens with zero attached hydrogens (tertiary/aromatic N) is 4. The maximum atomic E-state index is 10.6.